The predicted molar refractivity (Wildman–Crippen MR) is 103 cm³/mol. The van der Waals surface area contributed by atoms with Gasteiger partial charge in [-0.1, -0.05) is 38.1 Å². The molecule has 1 aliphatic heterocycles. The number of carbonyl (C=O) groups excluding carboxylic acids is 2. The smallest absolute Gasteiger partial charge is 0.254 e. The molecule has 0 radical (unpaired) electrons. The van der Waals surface area contributed by atoms with E-state index in [4.69, 9.17) is 4.42 Å². The summed E-state index contributed by atoms with van der Waals surface area (Å²) in [6.45, 7) is 8.36. The predicted octanol–water partition coefficient (Wildman–Crippen LogP) is 2.48. The molecule has 2 amide bonds. The van der Waals surface area contributed by atoms with Crippen molar-refractivity contribution < 1.29 is 14.0 Å². The lowest BCUT2D eigenvalue weighted by atomic mass is 10.0. The average molecular weight is 369 g/mol. The van der Waals surface area contributed by atoms with E-state index in [0.717, 1.165) is 19.6 Å². The number of hydrogen-bond donors (Lipinski definition) is 1. The Hall–Kier alpha value is -2.60. The molecule has 144 valence electrons. The molecule has 1 fully saturated rings. The van der Waals surface area contributed by atoms with Gasteiger partial charge in [0.1, 0.15) is 6.26 Å². The molecule has 0 bridgehead atoms. The maximum atomic E-state index is 12.3. The van der Waals surface area contributed by atoms with Gasteiger partial charge in [-0.2, -0.15) is 0 Å². The summed E-state index contributed by atoms with van der Waals surface area (Å²) in [5.74, 6) is 0.205. The van der Waals surface area contributed by atoms with Gasteiger partial charge in [-0.15, -0.1) is 0 Å². The Balaban J connectivity index is 1.41. The van der Waals surface area contributed by atoms with E-state index in [-0.39, 0.29) is 18.4 Å². The molecule has 1 N–H and O–H groups in total. The van der Waals surface area contributed by atoms with Gasteiger partial charge in [-0.3, -0.25) is 14.5 Å². The monoisotopic (exact) mass is 369 g/mol. The minimum Gasteiger partial charge on any atom is -0.472 e. The van der Waals surface area contributed by atoms with Crippen LogP contribution in [0.5, 0.6) is 0 Å². The average Bonchev–Trinajstić information content (AvgIpc) is 3.22. The summed E-state index contributed by atoms with van der Waals surface area (Å²) < 4.78 is 4.88. The maximum absolute atomic E-state index is 12.3. The highest BCUT2D eigenvalue weighted by molar-refractivity contribution is 5.96. The highest BCUT2D eigenvalue weighted by Gasteiger charge is 2.21. The molecule has 3 rings (SSSR count). The van der Waals surface area contributed by atoms with Gasteiger partial charge in [0.2, 0.25) is 5.91 Å². The van der Waals surface area contributed by atoms with Gasteiger partial charge in [0.05, 0.1) is 18.4 Å². The van der Waals surface area contributed by atoms with E-state index in [9.17, 15) is 9.59 Å². The fraction of sp³-hybridized carbons (Fsp3) is 0.429. The second-order valence-corrected chi connectivity index (χ2v) is 7.25. The van der Waals surface area contributed by atoms with Crippen molar-refractivity contribution >= 4 is 11.8 Å². The normalized spacial score (nSPS) is 15.1. The van der Waals surface area contributed by atoms with E-state index >= 15 is 0 Å². The van der Waals surface area contributed by atoms with Crippen LogP contribution >= 0.6 is 0 Å². The Bertz CT molecular complexity index is 745. The molecule has 1 aromatic carbocycles. The third kappa shape index (κ3) is 5.20. The van der Waals surface area contributed by atoms with Gasteiger partial charge in [0.25, 0.3) is 5.91 Å². The SMILES string of the molecule is CC(C)c1ccc(CN2CCN(C(=O)CNC(=O)c3ccoc3)CC2)cc1. The van der Waals surface area contributed by atoms with Crippen LogP contribution in [0.25, 0.3) is 0 Å². The molecule has 1 saturated heterocycles. The molecular formula is C21H27N3O3. The number of rotatable bonds is 6. The van der Waals surface area contributed by atoms with Crippen LogP contribution in [0.3, 0.4) is 0 Å². The number of furan rings is 1. The van der Waals surface area contributed by atoms with E-state index in [1.54, 1.807) is 6.07 Å². The lowest BCUT2D eigenvalue weighted by Gasteiger charge is -2.34. The lowest BCUT2D eigenvalue weighted by molar-refractivity contribution is -0.131. The number of nitrogens with one attached hydrogen (secondary N) is 1. The number of piperazine rings is 1. The zero-order valence-electron chi connectivity index (χ0n) is 16.0. The van der Waals surface area contributed by atoms with E-state index < -0.39 is 0 Å². The van der Waals surface area contributed by atoms with Crippen molar-refractivity contribution in [3.05, 3.63) is 59.5 Å². The van der Waals surface area contributed by atoms with Gasteiger partial charge >= 0.3 is 0 Å². The summed E-state index contributed by atoms with van der Waals surface area (Å²) in [5.41, 5.74) is 3.08. The summed E-state index contributed by atoms with van der Waals surface area (Å²) in [5, 5.41) is 2.64. The fourth-order valence-corrected chi connectivity index (χ4v) is 3.18. The highest BCUT2D eigenvalue weighted by Crippen LogP contribution is 2.16. The molecule has 0 unspecified atom stereocenters. The zero-order valence-corrected chi connectivity index (χ0v) is 16.0. The molecule has 6 nitrogen and oxygen atoms in total. The molecule has 1 aliphatic rings. The van der Waals surface area contributed by atoms with Crippen molar-refractivity contribution in [1.29, 1.82) is 0 Å². The van der Waals surface area contributed by atoms with Crippen molar-refractivity contribution in [3.8, 4) is 0 Å². The quantitative estimate of drug-likeness (QED) is 0.850. The summed E-state index contributed by atoms with van der Waals surface area (Å²) in [4.78, 5) is 28.3. The Labute approximate surface area is 160 Å². The molecule has 6 heteroatoms. The third-order valence-corrected chi connectivity index (χ3v) is 4.96. The van der Waals surface area contributed by atoms with Gasteiger partial charge in [0.15, 0.2) is 0 Å². The van der Waals surface area contributed by atoms with E-state index in [1.165, 1.54) is 23.7 Å². The zero-order chi connectivity index (χ0) is 19.2. The Morgan fingerprint density at radius 2 is 1.78 bits per heavy atom. The van der Waals surface area contributed by atoms with Crippen molar-refractivity contribution in [2.45, 2.75) is 26.3 Å². The Kier molecular flexibility index (Phi) is 6.29. The van der Waals surface area contributed by atoms with Gasteiger partial charge in [0, 0.05) is 32.7 Å². The Morgan fingerprint density at radius 3 is 2.37 bits per heavy atom. The largest absolute Gasteiger partial charge is 0.472 e. The standard InChI is InChI=1S/C21H27N3O3/c1-16(2)18-5-3-17(4-6-18)14-23-8-10-24(11-9-23)20(25)13-22-21(26)19-7-12-27-15-19/h3-7,12,15-16H,8-11,13-14H2,1-2H3,(H,22,26). The van der Waals surface area contributed by atoms with E-state index in [0.29, 0.717) is 24.6 Å². The molecular weight excluding hydrogens is 342 g/mol. The number of nitrogens with zero attached hydrogens (tertiary/aromatic N) is 2. The first-order chi connectivity index (χ1) is 13.0. The third-order valence-electron chi connectivity index (χ3n) is 4.96. The van der Waals surface area contributed by atoms with Crippen LogP contribution in [0.4, 0.5) is 0 Å². The second-order valence-electron chi connectivity index (χ2n) is 7.25. The van der Waals surface area contributed by atoms with E-state index in [2.05, 4.69) is 48.3 Å². The number of amides is 2. The lowest BCUT2D eigenvalue weighted by Crippen LogP contribution is -2.50. The highest BCUT2D eigenvalue weighted by atomic mass is 16.3. The molecule has 0 spiro atoms. The van der Waals surface area contributed by atoms with Crippen molar-refractivity contribution in [2.75, 3.05) is 32.7 Å². The van der Waals surface area contributed by atoms with Crippen molar-refractivity contribution in [2.24, 2.45) is 0 Å². The summed E-state index contributed by atoms with van der Waals surface area (Å²) in [6, 6.07) is 10.4. The van der Waals surface area contributed by atoms with Gasteiger partial charge < -0.3 is 14.6 Å². The van der Waals surface area contributed by atoms with Crippen LogP contribution in [0.15, 0.2) is 47.3 Å². The molecule has 27 heavy (non-hydrogen) atoms. The molecule has 2 aromatic rings. The van der Waals surface area contributed by atoms with Crippen LogP contribution in [-0.4, -0.2) is 54.3 Å². The molecule has 0 atom stereocenters. The minimum atomic E-state index is -0.291. The van der Waals surface area contributed by atoms with Crippen LogP contribution in [0.2, 0.25) is 0 Å². The van der Waals surface area contributed by atoms with Crippen LogP contribution in [0.1, 0.15) is 41.3 Å². The number of hydrogen-bond acceptors (Lipinski definition) is 4. The van der Waals surface area contributed by atoms with Crippen LogP contribution in [-0.2, 0) is 11.3 Å². The topological polar surface area (TPSA) is 65.8 Å². The first kappa shape index (κ1) is 19.2. The van der Waals surface area contributed by atoms with E-state index in [1.807, 2.05) is 4.90 Å². The second kappa shape index (κ2) is 8.86. The van der Waals surface area contributed by atoms with Crippen molar-refractivity contribution in [1.82, 2.24) is 15.1 Å². The first-order valence-corrected chi connectivity index (χ1v) is 9.42. The Morgan fingerprint density at radius 1 is 1.07 bits per heavy atom. The summed E-state index contributed by atoms with van der Waals surface area (Å²) in [6.07, 6.45) is 2.80. The van der Waals surface area contributed by atoms with Gasteiger partial charge in [-0.05, 0) is 23.1 Å². The van der Waals surface area contributed by atoms with Crippen LogP contribution in [0, 0.1) is 0 Å². The molecule has 0 saturated carbocycles. The minimum absolute atomic E-state index is 0.0146. The summed E-state index contributed by atoms with van der Waals surface area (Å²) >= 11 is 0. The first-order valence-electron chi connectivity index (χ1n) is 9.42. The molecule has 2 heterocycles. The molecule has 0 aliphatic carbocycles. The summed E-state index contributed by atoms with van der Waals surface area (Å²) in [7, 11) is 0. The van der Waals surface area contributed by atoms with Crippen molar-refractivity contribution in [3.63, 3.8) is 0 Å². The number of carbonyl (C=O) groups is 2. The van der Waals surface area contributed by atoms with Gasteiger partial charge in [-0.25, -0.2) is 0 Å². The fourth-order valence-electron chi connectivity index (χ4n) is 3.18. The molecule has 1 aromatic heterocycles. The number of benzene rings is 1. The maximum Gasteiger partial charge on any atom is 0.254 e. The van der Waals surface area contributed by atoms with Crippen LogP contribution < -0.4 is 5.32 Å².